The van der Waals surface area contributed by atoms with Crippen LogP contribution in [0.2, 0.25) is 0 Å². The van der Waals surface area contributed by atoms with Crippen molar-refractivity contribution >= 4 is 13.9 Å². The third-order valence-corrected chi connectivity index (χ3v) is 6.75. The van der Waals surface area contributed by atoms with Crippen LogP contribution in [-0.4, -0.2) is 18.1 Å². The summed E-state index contributed by atoms with van der Waals surface area (Å²) in [5.74, 6) is 3.24. The fourth-order valence-corrected chi connectivity index (χ4v) is 4.70. The van der Waals surface area contributed by atoms with Gasteiger partial charge in [0.1, 0.15) is 18.1 Å². The van der Waals surface area contributed by atoms with Gasteiger partial charge in [-0.1, -0.05) is 72.3 Å². The van der Waals surface area contributed by atoms with Gasteiger partial charge in [-0.05, 0) is 54.9 Å². The lowest BCUT2D eigenvalue weighted by Crippen LogP contribution is -2.04. The maximum Gasteiger partial charge on any atom is 0.527 e. The average Bonchev–Trinajstić information content (AvgIpc) is 2.70. The predicted molar refractivity (Wildman–Crippen MR) is 127 cm³/mol. The molecule has 0 aromatic heterocycles. The van der Waals surface area contributed by atoms with E-state index in [2.05, 4.69) is 27.7 Å². The highest BCUT2D eigenvalue weighted by Crippen LogP contribution is 2.45. The normalized spacial score (nSPS) is 17.0. The molecule has 0 spiro atoms. The highest BCUT2D eigenvalue weighted by Gasteiger charge is 2.23. The number of hydrogen-bond acceptors (Lipinski definition) is 4. The molecule has 31 heavy (non-hydrogen) atoms. The summed E-state index contributed by atoms with van der Waals surface area (Å²) in [5.41, 5.74) is 0.826. The van der Waals surface area contributed by atoms with E-state index in [9.17, 15) is 9.46 Å². The van der Waals surface area contributed by atoms with Crippen LogP contribution in [0.25, 0.3) is 6.08 Å². The molecule has 1 aromatic carbocycles. The second-order valence-corrected chi connectivity index (χ2v) is 10.8. The summed E-state index contributed by atoms with van der Waals surface area (Å²) in [6.07, 6.45) is 13.3. The van der Waals surface area contributed by atoms with Crippen LogP contribution < -0.4 is 9.26 Å². The number of benzene rings is 1. The van der Waals surface area contributed by atoms with Gasteiger partial charge in [0.2, 0.25) is 0 Å². The zero-order valence-electron chi connectivity index (χ0n) is 19.7. The van der Waals surface area contributed by atoms with Crippen LogP contribution in [0.3, 0.4) is 0 Å². The van der Waals surface area contributed by atoms with Crippen LogP contribution in [0.1, 0.15) is 84.6 Å². The van der Waals surface area contributed by atoms with Gasteiger partial charge in [-0.15, -0.1) is 0 Å². The number of phosphoric acid groups is 1. The Labute approximate surface area is 188 Å². The summed E-state index contributed by atoms with van der Waals surface area (Å²) in [6, 6.07) is 5.04. The van der Waals surface area contributed by atoms with Crippen molar-refractivity contribution < 1.29 is 23.2 Å². The van der Waals surface area contributed by atoms with Crippen LogP contribution >= 0.6 is 7.82 Å². The topological polar surface area (TPSA) is 65.0 Å². The van der Waals surface area contributed by atoms with E-state index in [1.807, 2.05) is 12.2 Å². The minimum atomic E-state index is -4.13. The van der Waals surface area contributed by atoms with Crippen LogP contribution in [0.5, 0.6) is 11.5 Å². The summed E-state index contributed by atoms with van der Waals surface area (Å²) in [7, 11) is -4.13. The van der Waals surface area contributed by atoms with Gasteiger partial charge >= 0.3 is 7.82 Å². The van der Waals surface area contributed by atoms with Crippen molar-refractivity contribution in [2.45, 2.75) is 79.1 Å². The first-order chi connectivity index (χ1) is 14.7. The SMILES string of the molecule is CC(C)CCCC(C)CCCC(C)CCCOP(=O)(O)Oc1ccc2c(c1)C=CCO2. The van der Waals surface area contributed by atoms with Crippen molar-refractivity contribution in [3.8, 4) is 11.5 Å². The first-order valence-corrected chi connectivity index (χ1v) is 13.3. The van der Waals surface area contributed by atoms with Crippen LogP contribution in [-0.2, 0) is 9.09 Å². The lowest BCUT2D eigenvalue weighted by atomic mass is 9.92. The Kier molecular flexibility index (Phi) is 11.1. The van der Waals surface area contributed by atoms with E-state index in [4.69, 9.17) is 13.8 Å². The molecule has 2 rings (SSSR count). The molecule has 1 aliphatic heterocycles. The van der Waals surface area contributed by atoms with Crippen molar-refractivity contribution in [2.75, 3.05) is 13.2 Å². The molecule has 1 aliphatic rings. The second-order valence-electron chi connectivity index (χ2n) is 9.41. The lowest BCUT2D eigenvalue weighted by Gasteiger charge is -2.17. The van der Waals surface area contributed by atoms with E-state index in [-0.39, 0.29) is 6.61 Å². The Bertz CT molecular complexity index is 731. The molecule has 3 atom stereocenters. The first kappa shape index (κ1) is 26.0. The second kappa shape index (κ2) is 13.3. The van der Waals surface area contributed by atoms with Crippen molar-refractivity contribution in [3.63, 3.8) is 0 Å². The zero-order chi connectivity index (χ0) is 22.7. The zero-order valence-corrected chi connectivity index (χ0v) is 20.6. The Morgan fingerprint density at radius 3 is 2.32 bits per heavy atom. The summed E-state index contributed by atoms with van der Waals surface area (Å²) >= 11 is 0. The summed E-state index contributed by atoms with van der Waals surface area (Å²) < 4.78 is 28.1. The summed E-state index contributed by atoms with van der Waals surface area (Å²) in [4.78, 5) is 10.0. The van der Waals surface area contributed by atoms with E-state index in [1.54, 1.807) is 18.2 Å². The van der Waals surface area contributed by atoms with Gasteiger partial charge in [0.05, 0.1) is 6.61 Å². The fourth-order valence-electron chi connectivity index (χ4n) is 3.91. The number of hydrogen-bond donors (Lipinski definition) is 1. The molecule has 0 radical (unpaired) electrons. The average molecular weight is 453 g/mol. The molecule has 1 aromatic rings. The smallest absolute Gasteiger partial charge is 0.489 e. The van der Waals surface area contributed by atoms with Gasteiger partial charge in [0, 0.05) is 5.56 Å². The van der Waals surface area contributed by atoms with E-state index in [0.717, 1.165) is 36.0 Å². The van der Waals surface area contributed by atoms with Crippen molar-refractivity contribution in [3.05, 3.63) is 29.8 Å². The van der Waals surface area contributed by atoms with Crippen molar-refractivity contribution in [1.29, 1.82) is 0 Å². The van der Waals surface area contributed by atoms with Gasteiger partial charge in [0.15, 0.2) is 0 Å². The minimum Gasteiger partial charge on any atom is -0.489 e. The quantitative estimate of drug-likeness (QED) is 0.219. The van der Waals surface area contributed by atoms with Gasteiger partial charge in [-0.25, -0.2) is 4.57 Å². The molecule has 0 bridgehead atoms. The molecule has 3 unspecified atom stereocenters. The largest absolute Gasteiger partial charge is 0.527 e. The lowest BCUT2D eigenvalue weighted by molar-refractivity contribution is 0.195. The number of phosphoric ester groups is 1. The molecule has 0 amide bonds. The fraction of sp³-hybridized carbons (Fsp3) is 0.680. The van der Waals surface area contributed by atoms with E-state index < -0.39 is 7.82 Å². The number of rotatable bonds is 15. The standard InChI is InChI=1S/C25H41O5P/c1-20(2)9-5-10-21(3)11-6-12-22(4)13-7-18-29-31(26,27)30-24-15-16-25-23(19-24)14-8-17-28-25/h8,14-16,19-22H,5-7,9-13,17-18H2,1-4H3,(H,26,27). The van der Waals surface area contributed by atoms with E-state index in [0.29, 0.717) is 18.3 Å². The number of ether oxygens (including phenoxy) is 1. The molecule has 6 heteroatoms. The van der Waals surface area contributed by atoms with Crippen LogP contribution in [0.4, 0.5) is 0 Å². The van der Waals surface area contributed by atoms with Gasteiger partial charge in [-0.3, -0.25) is 9.42 Å². The molecule has 5 nitrogen and oxygen atoms in total. The Morgan fingerprint density at radius 1 is 1.00 bits per heavy atom. The maximum atomic E-state index is 12.2. The van der Waals surface area contributed by atoms with E-state index in [1.165, 1.54) is 38.5 Å². The highest BCUT2D eigenvalue weighted by molar-refractivity contribution is 7.47. The molecule has 1 N–H and O–H groups in total. The van der Waals surface area contributed by atoms with Gasteiger partial charge in [0.25, 0.3) is 0 Å². The Balaban J connectivity index is 1.58. The summed E-state index contributed by atoms with van der Waals surface area (Å²) in [5, 5.41) is 0. The highest BCUT2D eigenvalue weighted by atomic mass is 31.2. The predicted octanol–water partition coefficient (Wildman–Crippen LogP) is 7.64. The monoisotopic (exact) mass is 452 g/mol. The van der Waals surface area contributed by atoms with E-state index >= 15 is 0 Å². The molecule has 0 fully saturated rings. The van der Waals surface area contributed by atoms with Crippen LogP contribution in [0.15, 0.2) is 24.3 Å². The Morgan fingerprint density at radius 2 is 1.65 bits per heavy atom. The Hall–Kier alpha value is -1.29. The molecular formula is C25H41O5P. The third kappa shape index (κ3) is 10.7. The summed E-state index contributed by atoms with van der Waals surface area (Å²) in [6.45, 7) is 9.95. The molecular weight excluding hydrogens is 411 g/mol. The van der Waals surface area contributed by atoms with Gasteiger partial charge in [-0.2, -0.15) is 0 Å². The first-order valence-electron chi connectivity index (χ1n) is 11.9. The molecule has 0 saturated carbocycles. The molecule has 0 aliphatic carbocycles. The van der Waals surface area contributed by atoms with Crippen molar-refractivity contribution in [2.24, 2.45) is 17.8 Å². The van der Waals surface area contributed by atoms with Crippen molar-refractivity contribution in [1.82, 2.24) is 0 Å². The van der Waals surface area contributed by atoms with Gasteiger partial charge < -0.3 is 9.26 Å². The maximum absolute atomic E-state index is 12.2. The molecule has 0 saturated heterocycles. The minimum absolute atomic E-state index is 0.220. The van der Waals surface area contributed by atoms with Crippen LogP contribution in [0, 0.1) is 17.8 Å². The third-order valence-electron chi connectivity index (χ3n) is 5.80. The molecule has 176 valence electrons. The number of fused-ring (bicyclic) bond motifs is 1. The molecule has 1 heterocycles.